The summed E-state index contributed by atoms with van der Waals surface area (Å²) < 4.78 is 5.14. The van der Waals surface area contributed by atoms with Crippen molar-refractivity contribution in [1.29, 1.82) is 0 Å². The minimum Gasteiger partial charge on any atom is -0.497 e. The molecule has 2 aliphatic rings. The highest BCUT2D eigenvalue weighted by molar-refractivity contribution is 6.39. The van der Waals surface area contributed by atoms with Crippen molar-refractivity contribution in [3.05, 3.63) is 65.7 Å². The fourth-order valence-corrected chi connectivity index (χ4v) is 3.85. The summed E-state index contributed by atoms with van der Waals surface area (Å²) in [4.78, 5) is 41.5. The third kappa shape index (κ3) is 4.80. The number of hydrogen-bond acceptors (Lipinski definition) is 5. The summed E-state index contributed by atoms with van der Waals surface area (Å²) >= 11 is 0. The summed E-state index contributed by atoms with van der Waals surface area (Å²) in [5.74, 6) is 0.395. The Morgan fingerprint density at radius 3 is 2.12 bits per heavy atom. The predicted molar refractivity (Wildman–Crippen MR) is 119 cm³/mol. The van der Waals surface area contributed by atoms with Gasteiger partial charge in [-0.25, -0.2) is 5.01 Å². The lowest BCUT2D eigenvalue weighted by Gasteiger charge is -2.35. The zero-order chi connectivity index (χ0) is 22.5. The van der Waals surface area contributed by atoms with Crippen molar-refractivity contribution < 1.29 is 19.1 Å². The molecule has 0 aliphatic carbocycles. The van der Waals surface area contributed by atoms with Crippen LogP contribution in [-0.4, -0.2) is 71.5 Å². The minimum atomic E-state index is -0.160. The van der Waals surface area contributed by atoms with E-state index < -0.39 is 0 Å². The van der Waals surface area contributed by atoms with Gasteiger partial charge in [0.1, 0.15) is 11.5 Å². The smallest absolute Gasteiger partial charge is 0.270 e. The van der Waals surface area contributed by atoms with Crippen molar-refractivity contribution in [2.24, 2.45) is 5.10 Å². The molecule has 0 bridgehead atoms. The molecular weight excluding hydrogens is 408 g/mol. The largest absolute Gasteiger partial charge is 0.497 e. The van der Waals surface area contributed by atoms with Gasteiger partial charge in [-0.05, 0) is 29.8 Å². The molecule has 32 heavy (non-hydrogen) atoms. The zero-order valence-electron chi connectivity index (χ0n) is 18.1. The Kier molecular flexibility index (Phi) is 6.49. The normalized spacial score (nSPS) is 16.6. The van der Waals surface area contributed by atoms with Gasteiger partial charge in [0.15, 0.2) is 0 Å². The van der Waals surface area contributed by atoms with Crippen molar-refractivity contribution in [3.8, 4) is 5.75 Å². The second kappa shape index (κ2) is 9.64. The minimum absolute atomic E-state index is 0.0607. The van der Waals surface area contributed by atoms with Gasteiger partial charge in [-0.1, -0.05) is 30.3 Å². The quantitative estimate of drug-likeness (QED) is 0.722. The molecule has 1 saturated heterocycles. The number of piperazine rings is 1. The fourth-order valence-electron chi connectivity index (χ4n) is 3.85. The first-order valence-electron chi connectivity index (χ1n) is 10.7. The predicted octanol–water partition coefficient (Wildman–Crippen LogP) is 2.16. The van der Waals surface area contributed by atoms with Crippen molar-refractivity contribution in [2.45, 2.75) is 19.4 Å². The van der Waals surface area contributed by atoms with Gasteiger partial charge in [0.2, 0.25) is 5.91 Å². The highest BCUT2D eigenvalue weighted by Gasteiger charge is 2.30. The molecule has 2 aromatic carbocycles. The van der Waals surface area contributed by atoms with Crippen LogP contribution in [0.4, 0.5) is 0 Å². The SMILES string of the molecule is COc1ccc(C(=O)N2CCN(C(=O)C3=NN(Cc4ccccc4)C(=O)CC3)CC2)cc1. The summed E-state index contributed by atoms with van der Waals surface area (Å²) in [6.45, 7) is 2.13. The van der Waals surface area contributed by atoms with Gasteiger partial charge in [0.25, 0.3) is 11.8 Å². The summed E-state index contributed by atoms with van der Waals surface area (Å²) in [7, 11) is 1.58. The molecule has 2 heterocycles. The maximum atomic E-state index is 13.0. The first-order chi connectivity index (χ1) is 15.5. The number of amides is 3. The average molecular weight is 434 g/mol. The first-order valence-corrected chi connectivity index (χ1v) is 10.7. The second-order valence-corrected chi connectivity index (χ2v) is 7.80. The number of nitrogens with zero attached hydrogens (tertiary/aromatic N) is 4. The number of hydrogen-bond donors (Lipinski definition) is 0. The summed E-state index contributed by atoms with van der Waals surface area (Å²) in [6, 6.07) is 16.6. The fraction of sp³-hybridized carbons (Fsp3) is 0.333. The van der Waals surface area contributed by atoms with Crippen LogP contribution in [0.2, 0.25) is 0 Å². The molecular formula is C24H26N4O4. The van der Waals surface area contributed by atoms with Gasteiger partial charge in [-0.3, -0.25) is 14.4 Å². The van der Waals surface area contributed by atoms with E-state index in [9.17, 15) is 14.4 Å². The third-order valence-electron chi connectivity index (χ3n) is 5.72. The molecule has 0 radical (unpaired) electrons. The highest BCUT2D eigenvalue weighted by Crippen LogP contribution is 2.17. The van der Waals surface area contributed by atoms with Crippen molar-refractivity contribution >= 4 is 23.4 Å². The third-order valence-corrected chi connectivity index (χ3v) is 5.72. The number of hydrazone groups is 1. The molecule has 0 saturated carbocycles. The first kappa shape index (κ1) is 21.5. The molecule has 2 aromatic rings. The van der Waals surface area contributed by atoms with E-state index in [0.717, 1.165) is 5.56 Å². The van der Waals surface area contributed by atoms with Crippen LogP contribution >= 0.6 is 0 Å². The number of benzene rings is 2. The maximum absolute atomic E-state index is 13.0. The van der Waals surface area contributed by atoms with Crippen LogP contribution in [0.3, 0.4) is 0 Å². The Morgan fingerprint density at radius 1 is 0.875 bits per heavy atom. The Bertz CT molecular complexity index is 1010. The molecule has 166 valence electrons. The van der Waals surface area contributed by atoms with E-state index in [1.165, 1.54) is 5.01 Å². The Morgan fingerprint density at radius 2 is 1.50 bits per heavy atom. The monoisotopic (exact) mass is 434 g/mol. The summed E-state index contributed by atoms with van der Waals surface area (Å²) in [5.41, 5.74) is 1.96. The molecule has 8 heteroatoms. The average Bonchev–Trinajstić information content (AvgIpc) is 2.85. The molecule has 0 aromatic heterocycles. The molecule has 0 atom stereocenters. The number of rotatable bonds is 5. The lowest BCUT2D eigenvalue weighted by molar-refractivity contribution is -0.132. The van der Waals surface area contributed by atoms with Crippen molar-refractivity contribution in [3.63, 3.8) is 0 Å². The number of carbonyl (C=O) groups excluding carboxylic acids is 3. The van der Waals surface area contributed by atoms with Gasteiger partial charge >= 0.3 is 0 Å². The van der Waals surface area contributed by atoms with Crippen LogP contribution in [0.1, 0.15) is 28.8 Å². The van der Waals surface area contributed by atoms with E-state index >= 15 is 0 Å². The Hall–Kier alpha value is -3.68. The summed E-state index contributed by atoms with van der Waals surface area (Å²) in [6.07, 6.45) is 0.612. The molecule has 2 aliphatic heterocycles. The van der Waals surface area contributed by atoms with Crippen LogP contribution in [0.25, 0.3) is 0 Å². The van der Waals surface area contributed by atoms with Gasteiger partial charge in [0.05, 0.1) is 13.7 Å². The Labute approximate surface area is 187 Å². The van der Waals surface area contributed by atoms with Crippen molar-refractivity contribution in [2.75, 3.05) is 33.3 Å². The van der Waals surface area contributed by atoms with Gasteiger partial charge in [-0.2, -0.15) is 5.10 Å². The molecule has 3 amide bonds. The van der Waals surface area contributed by atoms with E-state index in [4.69, 9.17) is 4.74 Å². The van der Waals surface area contributed by atoms with E-state index in [-0.39, 0.29) is 24.1 Å². The van der Waals surface area contributed by atoms with Gasteiger partial charge < -0.3 is 14.5 Å². The van der Waals surface area contributed by atoms with Crippen LogP contribution in [-0.2, 0) is 16.1 Å². The standard InChI is InChI=1S/C24H26N4O4/c1-32-20-9-7-19(8-10-20)23(30)26-13-15-27(16-14-26)24(31)21-11-12-22(29)28(25-21)17-18-5-3-2-4-6-18/h2-10H,11-17H2,1H3. The van der Waals surface area contributed by atoms with Crippen molar-refractivity contribution in [1.82, 2.24) is 14.8 Å². The number of ether oxygens (including phenoxy) is 1. The lowest BCUT2D eigenvalue weighted by Crippen LogP contribution is -2.52. The van der Waals surface area contributed by atoms with E-state index in [0.29, 0.717) is 56.2 Å². The van der Waals surface area contributed by atoms with Gasteiger partial charge in [-0.15, -0.1) is 0 Å². The Balaban J connectivity index is 1.36. The van der Waals surface area contributed by atoms with Gasteiger partial charge in [0, 0.05) is 44.6 Å². The van der Waals surface area contributed by atoms with E-state index in [1.54, 1.807) is 41.2 Å². The van der Waals surface area contributed by atoms with Crippen LogP contribution in [0.5, 0.6) is 5.75 Å². The molecule has 0 spiro atoms. The maximum Gasteiger partial charge on any atom is 0.270 e. The molecule has 1 fully saturated rings. The molecule has 0 N–H and O–H groups in total. The molecule has 0 unspecified atom stereocenters. The number of methoxy groups -OCH3 is 1. The topological polar surface area (TPSA) is 82.5 Å². The van der Waals surface area contributed by atoms with E-state index in [2.05, 4.69) is 5.10 Å². The number of carbonyl (C=O) groups is 3. The van der Waals surface area contributed by atoms with Crippen LogP contribution < -0.4 is 4.74 Å². The van der Waals surface area contributed by atoms with E-state index in [1.807, 2.05) is 30.3 Å². The molecule has 4 rings (SSSR count). The lowest BCUT2D eigenvalue weighted by atomic mass is 10.1. The highest BCUT2D eigenvalue weighted by atomic mass is 16.5. The van der Waals surface area contributed by atoms with Crippen LogP contribution in [0, 0.1) is 0 Å². The molecule has 8 nitrogen and oxygen atoms in total. The second-order valence-electron chi connectivity index (χ2n) is 7.80. The summed E-state index contributed by atoms with van der Waals surface area (Å²) in [5, 5.41) is 5.75. The van der Waals surface area contributed by atoms with Crippen LogP contribution in [0.15, 0.2) is 59.7 Å². The zero-order valence-corrected chi connectivity index (χ0v) is 18.1.